The minimum Gasteiger partial charge on any atom is -0.346 e. The van der Waals surface area contributed by atoms with Gasteiger partial charge in [0.2, 0.25) is 11.7 Å². The number of likely N-dealkylation sites (tertiary alicyclic amines) is 1. The molecule has 2 aliphatic rings. The standard InChI is InChI=1S/C31H52N2O5/c1-20(2)24(29(37)28(36)17-22-11-9-8-10-12-22)18-26(34)21(3)32-30(38)25(31(4,5)6)19-27(35)23-13-15-33(7)16-14-23/h20-25H,8-19H2,1-7H3,(H,32,38)/t21-,24-,25+/m0/s1. The van der Waals surface area contributed by atoms with Crippen LogP contribution in [0.5, 0.6) is 0 Å². The second-order valence-corrected chi connectivity index (χ2v) is 13.4. The molecule has 3 atom stereocenters. The van der Waals surface area contributed by atoms with Crippen LogP contribution in [0.4, 0.5) is 0 Å². The van der Waals surface area contributed by atoms with Crippen molar-refractivity contribution < 1.29 is 24.0 Å². The minimum atomic E-state index is -0.798. The van der Waals surface area contributed by atoms with Gasteiger partial charge in [-0.2, -0.15) is 0 Å². The van der Waals surface area contributed by atoms with Crippen molar-refractivity contribution in [2.75, 3.05) is 20.1 Å². The van der Waals surface area contributed by atoms with Crippen molar-refractivity contribution >= 4 is 29.0 Å². The Bertz CT molecular complexity index is 845. The summed E-state index contributed by atoms with van der Waals surface area (Å²) in [5, 5.41) is 2.83. The Morgan fingerprint density at radius 2 is 1.45 bits per heavy atom. The lowest BCUT2D eigenvalue weighted by Gasteiger charge is -2.33. The van der Waals surface area contributed by atoms with Crippen molar-refractivity contribution in [1.29, 1.82) is 0 Å². The van der Waals surface area contributed by atoms with Crippen LogP contribution in [0, 0.1) is 35.0 Å². The van der Waals surface area contributed by atoms with Crippen molar-refractivity contribution in [3.8, 4) is 0 Å². The summed E-state index contributed by atoms with van der Waals surface area (Å²) in [6.07, 6.45) is 7.37. The lowest BCUT2D eigenvalue weighted by Crippen LogP contribution is -2.47. The first-order valence-corrected chi connectivity index (χ1v) is 14.8. The topological polar surface area (TPSA) is 101 Å². The molecule has 7 nitrogen and oxygen atoms in total. The van der Waals surface area contributed by atoms with Gasteiger partial charge in [0.1, 0.15) is 5.78 Å². The van der Waals surface area contributed by atoms with Gasteiger partial charge in [-0.15, -0.1) is 0 Å². The van der Waals surface area contributed by atoms with Gasteiger partial charge < -0.3 is 10.2 Å². The zero-order chi connectivity index (χ0) is 28.6. The number of ketones is 4. The number of hydrogen-bond acceptors (Lipinski definition) is 6. The first kappa shape index (κ1) is 32.3. The molecule has 2 fully saturated rings. The summed E-state index contributed by atoms with van der Waals surface area (Å²) >= 11 is 0. The molecule has 1 saturated carbocycles. The maximum Gasteiger partial charge on any atom is 0.224 e. The molecule has 1 heterocycles. The molecule has 1 aliphatic carbocycles. The van der Waals surface area contributed by atoms with Crippen molar-refractivity contribution in [1.82, 2.24) is 10.2 Å². The summed E-state index contributed by atoms with van der Waals surface area (Å²) in [5.41, 5.74) is -0.448. The van der Waals surface area contributed by atoms with Gasteiger partial charge in [-0.25, -0.2) is 0 Å². The number of carbonyl (C=O) groups excluding carboxylic acids is 5. The largest absolute Gasteiger partial charge is 0.346 e. The Labute approximate surface area is 230 Å². The van der Waals surface area contributed by atoms with Crippen molar-refractivity contribution in [2.24, 2.45) is 35.0 Å². The molecule has 1 saturated heterocycles. The Morgan fingerprint density at radius 3 is 1.97 bits per heavy atom. The van der Waals surface area contributed by atoms with Gasteiger partial charge in [-0.1, -0.05) is 66.7 Å². The third kappa shape index (κ3) is 9.69. The Hall–Kier alpha value is -1.89. The molecule has 1 amide bonds. The smallest absolute Gasteiger partial charge is 0.224 e. The molecule has 0 aromatic carbocycles. The average molecular weight is 533 g/mol. The van der Waals surface area contributed by atoms with Crippen molar-refractivity contribution in [3.05, 3.63) is 0 Å². The SMILES string of the molecule is CC(C)[C@H](CC(=O)[C@H](C)NC(=O)[C@@H](CC(=O)C1CCN(C)CC1)C(C)(C)C)C(=O)C(=O)CC1CCCCC1. The van der Waals surface area contributed by atoms with Crippen LogP contribution in [-0.4, -0.2) is 60.1 Å². The van der Waals surface area contributed by atoms with Crippen LogP contribution < -0.4 is 5.32 Å². The number of Topliss-reactive ketones (excluding diaryl/α,β-unsaturated/α-hetero) is 4. The average Bonchev–Trinajstić information content (AvgIpc) is 2.85. The monoisotopic (exact) mass is 532 g/mol. The van der Waals surface area contributed by atoms with Gasteiger partial charge in [-0.3, -0.25) is 24.0 Å². The maximum atomic E-state index is 13.3. The fourth-order valence-corrected chi connectivity index (χ4v) is 5.87. The summed E-state index contributed by atoms with van der Waals surface area (Å²) in [6.45, 7) is 12.9. The Balaban J connectivity index is 1.98. The predicted molar refractivity (Wildman–Crippen MR) is 150 cm³/mol. The quantitative estimate of drug-likeness (QED) is 0.342. The van der Waals surface area contributed by atoms with Gasteiger partial charge in [-0.05, 0) is 57.2 Å². The van der Waals surface area contributed by atoms with E-state index in [0.29, 0.717) is 0 Å². The van der Waals surface area contributed by atoms with E-state index in [1.807, 2.05) is 34.6 Å². The minimum absolute atomic E-state index is 0.0214. The third-order valence-corrected chi connectivity index (χ3v) is 8.82. The van der Waals surface area contributed by atoms with E-state index in [4.69, 9.17) is 0 Å². The number of nitrogens with one attached hydrogen (secondary N) is 1. The van der Waals surface area contributed by atoms with Gasteiger partial charge >= 0.3 is 0 Å². The second-order valence-electron chi connectivity index (χ2n) is 13.4. The van der Waals surface area contributed by atoms with Gasteiger partial charge in [0.05, 0.1) is 6.04 Å². The molecule has 1 N–H and O–H groups in total. The van der Waals surface area contributed by atoms with Crippen LogP contribution >= 0.6 is 0 Å². The summed E-state index contributed by atoms with van der Waals surface area (Å²) in [4.78, 5) is 67.5. The summed E-state index contributed by atoms with van der Waals surface area (Å²) in [6, 6.07) is -0.798. The first-order valence-electron chi connectivity index (χ1n) is 14.8. The number of hydrogen-bond donors (Lipinski definition) is 1. The van der Waals surface area contributed by atoms with Gasteiger partial charge in [0, 0.05) is 37.0 Å². The predicted octanol–water partition coefficient (Wildman–Crippen LogP) is 4.79. The van der Waals surface area contributed by atoms with E-state index in [0.717, 1.165) is 51.6 Å². The van der Waals surface area contributed by atoms with E-state index in [1.54, 1.807) is 6.92 Å². The lowest BCUT2D eigenvalue weighted by molar-refractivity contribution is -0.142. The molecular formula is C31H52N2O5. The van der Waals surface area contributed by atoms with Crippen LogP contribution in [-0.2, 0) is 24.0 Å². The molecule has 1 aliphatic heterocycles. The zero-order valence-electron chi connectivity index (χ0n) is 24.9. The van der Waals surface area contributed by atoms with Crippen LogP contribution in [0.3, 0.4) is 0 Å². The second kappa shape index (κ2) is 14.5. The molecule has 0 aromatic rings. The number of piperidine rings is 1. The summed E-state index contributed by atoms with van der Waals surface area (Å²) in [5.74, 6) is -2.39. The highest BCUT2D eigenvalue weighted by Gasteiger charge is 2.38. The molecule has 0 aromatic heterocycles. The normalized spacial score (nSPS) is 20.5. The van der Waals surface area contributed by atoms with Crippen molar-refractivity contribution in [2.45, 2.75) is 112 Å². The van der Waals surface area contributed by atoms with Crippen LogP contribution in [0.15, 0.2) is 0 Å². The summed E-state index contributed by atoms with van der Waals surface area (Å²) < 4.78 is 0. The van der Waals surface area contributed by atoms with E-state index in [9.17, 15) is 24.0 Å². The van der Waals surface area contributed by atoms with Crippen LogP contribution in [0.2, 0.25) is 0 Å². The van der Waals surface area contributed by atoms with Gasteiger partial charge in [0.25, 0.3) is 0 Å². The highest BCUT2D eigenvalue weighted by molar-refractivity contribution is 6.38. The fraction of sp³-hybridized carbons (Fsp3) is 0.839. The molecule has 0 spiro atoms. The molecule has 0 unspecified atom stereocenters. The maximum absolute atomic E-state index is 13.3. The van der Waals surface area contributed by atoms with Crippen LogP contribution in [0.1, 0.15) is 106 Å². The molecule has 2 rings (SSSR count). The molecule has 7 heteroatoms. The number of amides is 1. The summed E-state index contributed by atoms with van der Waals surface area (Å²) in [7, 11) is 2.05. The number of carbonyl (C=O) groups is 5. The lowest BCUT2D eigenvalue weighted by atomic mass is 9.75. The number of nitrogens with zero attached hydrogens (tertiary/aromatic N) is 1. The van der Waals surface area contributed by atoms with Crippen molar-refractivity contribution in [3.63, 3.8) is 0 Å². The van der Waals surface area contributed by atoms with Crippen LogP contribution in [0.25, 0.3) is 0 Å². The Kier molecular flexibility index (Phi) is 12.3. The van der Waals surface area contributed by atoms with Gasteiger partial charge in [0.15, 0.2) is 11.6 Å². The number of rotatable bonds is 13. The fourth-order valence-electron chi connectivity index (χ4n) is 5.87. The zero-order valence-corrected chi connectivity index (χ0v) is 24.9. The molecule has 0 radical (unpaired) electrons. The molecule has 0 bridgehead atoms. The van der Waals surface area contributed by atoms with E-state index < -0.39 is 29.1 Å². The van der Waals surface area contributed by atoms with E-state index in [1.165, 1.54) is 6.42 Å². The first-order chi connectivity index (χ1) is 17.7. The molecule has 216 valence electrons. The highest BCUT2D eigenvalue weighted by atomic mass is 16.2. The van der Waals surface area contributed by atoms with E-state index in [-0.39, 0.29) is 60.3 Å². The molecular weight excluding hydrogens is 480 g/mol. The van der Waals surface area contributed by atoms with E-state index in [2.05, 4.69) is 17.3 Å². The van der Waals surface area contributed by atoms with E-state index >= 15 is 0 Å². The molecule has 38 heavy (non-hydrogen) atoms. The third-order valence-electron chi connectivity index (χ3n) is 8.82. The Morgan fingerprint density at radius 1 is 0.868 bits per heavy atom. The highest BCUT2D eigenvalue weighted by Crippen LogP contribution is 2.32.